The summed E-state index contributed by atoms with van der Waals surface area (Å²) in [5, 5.41) is 0. The first-order valence-corrected chi connectivity index (χ1v) is 10.8. The summed E-state index contributed by atoms with van der Waals surface area (Å²) in [4.78, 5) is 2.73. The molecule has 0 unspecified atom stereocenters. The van der Waals surface area contributed by atoms with Crippen LogP contribution in [0.15, 0.2) is 30.3 Å². The summed E-state index contributed by atoms with van der Waals surface area (Å²) in [5.74, 6) is 1.98. The van der Waals surface area contributed by atoms with Crippen molar-refractivity contribution in [2.75, 3.05) is 4.90 Å². The van der Waals surface area contributed by atoms with Crippen molar-refractivity contribution in [2.45, 2.75) is 79.9 Å². The molecule has 148 valence electrons. The van der Waals surface area contributed by atoms with Crippen molar-refractivity contribution in [2.24, 2.45) is 5.92 Å². The van der Waals surface area contributed by atoms with Crippen LogP contribution in [0.5, 0.6) is 0 Å². The largest absolute Gasteiger partial charge is 0.255 e. The van der Waals surface area contributed by atoms with E-state index in [4.69, 9.17) is 0 Å². The normalized spacial score (nSPS) is 21.1. The monoisotopic (exact) mass is 375 g/mol. The fraction of sp³-hybridized carbons (Fsp3) is 0.500. The van der Waals surface area contributed by atoms with Crippen LogP contribution >= 0.6 is 0 Å². The van der Waals surface area contributed by atoms with Crippen LogP contribution in [-0.2, 0) is 6.42 Å². The maximum Gasteiger partial charge on any atom is 0.255 e. The Balaban J connectivity index is 2.03. The first-order chi connectivity index (χ1) is 13.2. The number of benzene rings is 2. The minimum absolute atomic E-state index is 0.412. The summed E-state index contributed by atoms with van der Waals surface area (Å²) >= 11 is 0. The highest BCUT2D eigenvalue weighted by Gasteiger charge is 2.55. The van der Waals surface area contributed by atoms with Gasteiger partial charge >= 0.3 is 0 Å². The highest BCUT2D eigenvalue weighted by Crippen LogP contribution is 2.47. The third kappa shape index (κ3) is 2.64. The predicted octanol–water partition coefficient (Wildman–Crippen LogP) is 5.88. The molecule has 0 amide bonds. The second-order valence-electron chi connectivity index (χ2n) is 9.41. The van der Waals surface area contributed by atoms with Gasteiger partial charge in [-0.1, -0.05) is 44.2 Å². The lowest BCUT2D eigenvalue weighted by molar-refractivity contribution is -0.589. The molecular weight excluding hydrogens is 340 g/mol. The molecule has 28 heavy (non-hydrogen) atoms. The van der Waals surface area contributed by atoms with Crippen LogP contribution in [0.1, 0.15) is 67.1 Å². The number of amidine groups is 1. The summed E-state index contributed by atoms with van der Waals surface area (Å²) < 4.78 is 2.73. The van der Waals surface area contributed by atoms with Gasteiger partial charge in [-0.25, -0.2) is 4.90 Å². The molecule has 2 aromatic carbocycles. The molecule has 0 aromatic heterocycles. The fourth-order valence-electron chi connectivity index (χ4n) is 5.59. The average molecular weight is 376 g/mol. The molecule has 1 aliphatic carbocycles. The van der Waals surface area contributed by atoms with Crippen LogP contribution < -0.4 is 4.90 Å². The van der Waals surface area contributed by atoms with E-state index in [1.807, 2.05) is 0 Å². The first kappa shape index (κ1) is 19.2. The molecular formula is C26H35N2+. The number of hydrogen-bond acceptors (Lipinski definition) is 1. The summed E-state index contributed by atoms with van der Waals surface area (Å²) in [6, 6.07) is 12.9. The zero-order valence-corrected chi connectivity index (χ0v) is 18.8. The quantitative estimate of drug-likeness (QED) is 0.607. The molecule has 1 aliphatic heterocycles. The Bertz CT molecular complexity index is 938. The molecule has 2 heteroatoms. The van der Waals surface area contributed by atoms with Crippen molar-refractivity contribution in [1.29, 1.82) is 0 Å². The van der Waals surface area contributed by atoms with E-state index in [1.165, 1.54) is 44.9 Å². The van der Waals surface area contributed by atoms with Gasteiger partial charge in [-0.2, -0.15) is 0 Å². The third-order valence-electron chi connectivity index (χ3n) is 6.95. The first-order valence-electron chi connectivity index (χ1n) is 10.8. The van der Waals surface area contributed by atoms with E-state index >= 15 is 0 Å². The number of fused-ring (bicyclic) bond motifs is 3. The van der Waals surface area contributed by atoms with Gasteiger partial charge in [0.1, 0.15) is 11.7 Å². The summed E-state index contributed by atoms with van der Waals surface area (Å²) in [6.45, 7) is 18.6. The van der Waals surface area contributed by atoms with Gasteiger partial charge in [0.05, 0.1) is 12.0 Å². The van der Waals surface area contributed by atoms with Crippen molar-refractivity contribution >= 4 is 11.5 Å². The zero-order chi connectivity index (χ0) is 20.3. The molecule has 0 saturated carbocycles. The number of hydrogen-bond donors (Lipinski definition) is 0. The molecule has 0 saturated heterocycles. The van der Waals surface area contributed by atoms with E-state index in [0.29, 0.717) is 24.0 Å². The van der Waals surface area contributed by atoms with Crippen LogP contribution in [0.4, 0.5) is 5.69 Å². The van der Waals surface area contributed by atoms with E-state index in [2.05, 4.69) is 95.2 Å². The van der Waals surface area contributed by atoms with Gasteiger partial charge in [0, 0.05) is 12.0 Å². The van der Waals surface area contributed by atoms with Gasteiger partial charge in [0.2, 0.25) is 0 Å². The van der Waals surface area contributed by atoms with Crippen LogP contribution in [0, 0.1) is 33.6 Å². The van der Waals surface area contributed by atoms with Crippen LogP contribution in [0.2, 0.25) is 0 Å². The Hall–Kier alpha value is -2.09. The van der Waals surface area contributed by atoms with Crippen molar-refractivity contribution in [3.63, 3.8) is 0 Å². The topological polar surface area (TPSA) is 6.25 Å². The van der Waals surface area contributed by atoms with Crippen molar-refractivity contribution in [3.05, 3.63) is 63.7 Å². The Morgan fingerprint density at radius 3 is 2.11 bits per heavy atom. The third-order valence-corrected chi connectivity index (χ3v) is 6.95. The molecule has 0 N–H and O–H groups in total. The molecule has 0 fully saturated rings. The second kappa shape index (κ2) is 6.76. The standard InChI is InChI=1S/C26H35N2/c1-15(2)26-27(16(3)4)23-14-21-11-9-10-12-22(21)25(23)28(26)24-19(7)17(5)13-18(6)20(24)8/h9-13,15-16,23,25H,14H2,1-8H3/q+1/t23-,25+/m0/s1. The molecule has 0 bridgehead atoms. The van der Waals surface area contributed by atoms with Crippen LogP contribution in [0.25, 0.3) is 0 Å². The number of rotatable bonds is 3. The fourth-order valence-corrected chi connectivity index (χ4v) is 5.59. The second-order valence-corrected chi connectivity index (χ2v) is 9.41. The van der Waals surface area contributed by atoms with E-state index < -0.39 is 0 Å². The Morgan fingerprint density at radius 1 is 0.929 bits per heavy atom. The highest BCUT2D eigenvalue weighted by atomic mass is 15.4. The van der Waals surface area contributed by atoms with Crippen molar-refractivity contribution in [3.8, 4) is 0 Å². The van der Waals surface area contributed by atoms with Gasteiger partial charge < -0.3 is 0 Å². The number of anilines is 1. The Kier molecular flexibility index (Phi) is 4.64. The summed E-state index contributed by atoms with van der Waals surface area (Å²) in [6.07, 6.45) is 1.15. The SMILES string of the molecule is Cc1cc(C)c(C)c(N2C(C(C)C)=[N+](C(C)C)[C@H]3Cc4ccccc4[C@H]32)c1C. The maximum atomic E-state index is 2.73. The average Bonchev–Trinajstić information content (AvgIpc) is 3.15. The molecule has 2 atom stereocenters. The smallest absolute Gasteiger partial charge is 0.255 e. The lowest BCUT2D eigenvalue weighted by Crippen LogP contribution is -2.38. The van der Waals surface area contributed by atoms with Gasteiger partial charge in [0.25, 0.3) is 5.84 Å². The molecule has 2 aliphatic rings. The van der Waals surface area contributed by atoms with Gasteiger partial charge in [-0.05, 0) is 69.4 Å². The zero-order valence-electron chi connectivity index (χ0n) is 18.8. The van der Waals surface area contributed by atoms with Gasteiger partial charge in [-0.3, -0.25) is 4.58 Å². The van der Waals surface area contributed by atoms with E-state index in [-0.39, 0.29) is 0 Å². The molecule has 1 heterocycles. The van der Waals surface area contributed by atoms with Gasteiger partial charge in [0.15, 0.2) is 6.04 Å². The molecule has 4 rings (SSSR count). The summed E-state index contributed by atoms with van der Waals surface area (Å²) in [7, 11) is 0. The van der Waals surface area contributed by atoms with Crippen molar-refractivity contribution in [1.82, 2.24) is 0 Å². The van der Waals surface area contributed by atoms with Crippen LogP contribution in [-0.4, -0.2) is 22.5 Å². The number of nitrogens with zero attached hydrogens (tertiary/aromatic N) is 2. The van der Waals surface area contributed by atoms with E-state index in [0.717, 1.165) is 6.42 Å². The molecule has 2 nitrogen and oxygen atoms in total. The van der Waals surface area contributed by atoms with Crippen LogP contribution in [0.3, 0.4) is 0 Å². The minimum Gasteiger partial charge on any atom is -0.255 e. The molecule has 0 radical (unpaired) electrons. The Morgan fingerprint density at radius 2 is 1.54 bits per heavy atom. The number of aryl methyl sites for hydroxylation is 2. The summed E-state index contributed by atoms with van der Waals surface area (Å²) in [5.41, 5.74) is 10.1. The highest BCUT2D eigenvalue weighted by molar-refractivity contribution is 6.00. The molecule has 0 spiro atoms. The van der Waals surface area contributed by atoms with E-state index in [1.54, 1.807) is 0 Å². The van der Waals surface area contributed by atoms with Gasteiger partial charge in [-0.15, -0.1) is 0 Å². The minimum atomic E-state index is 0.412. The van der Waals surface area contributed by atoms with E-state index in [9.17, 15) is 0 Å². The maximum absolute atomic E-state index is 2.73. The Labute approximate surface area is 170 Å². The lowest BCUT2D eigenvalue weighted by atomic mass is 9.95. The molecule has 2 aromatic rings. The predicted molar refractivity (Wildman–Crippen MR) is 120 cm³/mol. The van der Waals surface area contributed by atoms with Crippen molar-refractivity contribution < 1.29 is 4.58 Å². The lowest BCUT2D eigenvalue weighted by Gasteiger charge is -2.27.